The fourth-order valence-corrected chi connectivity index (χ4v) is 4.20. The van der Waals surface area contributed by atoms with Gasteiger partial charge < -0.3 is 4.90 Å². The first-order valence-corrected chi connectivity index (χ1v) is 10.3. The van der Waals surface area contributed by atoms with Crippen LogP contribution in [0.5, 0.6) is 0 Å². The lowest BCUT2D eigenvalue weighted by Crippen LogP contribution is -2.45. The van der Waals surface area contributed by atoms with Crippen LogP contribution >= 0.6 is 0 Å². The molecule has 1 aromatic carbocycles. The van der Waals surface area contributed by atoms with Crippen LogP contribution < -0.4 is 5.56 Å². The summed E-state index contributed by atoms with van der Waals surface area (Å²) in [5.74, 6) is 0.898. The van der Waals surface area contributed by atoms with E-state index in [1.165, 1.54) is 21.1 Å². The number of rotatable bonds is 4. The van der Waals surface area contributed by atoms with E-state index >= 15 is 0 Å². The van der Waals surface area contributed by atoms with E-state index in [1.807, 2.05) is 17.0 Å². The molecular weight excluding hydrogens is 366 g/mol. The average Bonchev–Trinajstić information content (AvgIpc) is 3.14. The molecule has 1 saturated heterocycles. The van der Waals surface area contributed by atoms with Gasteiger partial charge in [0.25, 0.3) is 5.56 Å². The molecule has 0 N–H and O–H groups in total. The van der Waals surface area contributed by atoms with Crippen LogP contribution in [0, 0.1) is 11.8 Å². The first-order valence-electron chi connectivity index (χ1n) is 10.3. The minimum Gasteiger partial charge on any atom is -0.341 e. The van der Waals surface area contributed by atoms with Crippen LogP contribution in [-0.4, -0.2) is 43.3 Å². The number of hydrogen-bond donors (Lipinski definition) is 0. The normalized spacial score (nSPS) is 19.6. The van der Waals surface area contributed by atoms with Crippen molar-refractivity contribution in [2.75, 3.05) is 13.1 Å². The number of amides is 1. The Labute approximate surface area is 170 Å². The Hall–Kier alpha value is -2.96. The van der Waals surface area contributed by atoms with Crippen LogP contribution in [-0.2, 0) is 17.8 Å². The van der Waals surface area contributed by atoms with Crippen molar-refractivity contribution in [2.24, 2.45) is 11.8 Å². The van der Waals surface area contributed by atoms with Gasteiger partial charge >= 0.3 is 0 Å². The fraction of sp³-hybridized carbons (Fsp3) is 0.455. The maximum Gasteiger partial charge on any atom is 0.293 e. The molecule has 152 valence electrons. The van der Waals surface area contributed by atoms with Gasteiger partial charge in [-0.05, 0) is 36.3 Å². The van der Waals surface area contributed by atoms with Crippen LogP contribution in [0.15, 0.2) is 41.5 Å². The summed E-state index contributed by atoms with van der Waals surface area (Å²) in [6.07, 6.45) is 3.60. The summed E-state index contributed by atoms with van der Waals surface area (Å²) in [4.78, 5) is 27.5. The molecule has 1 fully saturated rings. The zero-order valence-corrected chi connectivity index (χ0v) is 17.2. The molecule has 1 aliphatic rings. The van der Waals surface area contributed by atoms with Gasteiger partial charge in [0.2, 0.25) is 5.91 Å². The first kappa shape index (κ1) is 19.4. The second kappa shape index (κ2) is 7.81. The fourth-order valence-electron chi connectivity index (χ4n) is 4.20. The molecule has 3 aromatic rings. The summed E-state index contributed by atoms with van der Waals surface area (Å²) >= 11 is 0. The van der Waals surface area contributed by atoms with Gasteiger partial charge in [-0.25, -0.2) is 9.20 Å². The summed E-state index contributed by atoms with van der Waals surface area (Å²) < 4.78 is 2.73. The molecule has 7 nitrogen and oxygen atoms in total. The van der Waals surface area contributed by atoms with E-state index in [9.17, 15) is 9.59 Å². The highest BCUT2D eigenvalue weighted by molar-refractivity contribution is 5.76. The Balaban J connectivity index is 1.59. The Morgan fingerprint density at radius 2 is 1.83 bits per heavy atom. The zero-order chi connectivity index (χ0) is 20.5. The van der Waals surface area contributed by atoms with Gasteiger partial charge in [0.05, 0.1) is 5.69 Å². The number of likely N-dealkylation sites (tertiary alicyclic amines) is 1. The maximum atomic E-state index is 12.9. The maximum absolute atomic E-state index is 12.9. The Bertz CT molecular complexity index is 1070. The van der Waals surface area contributed by atoms with E-state index in [2.05, 4.69) is 43.1 Å². The molecule has 2 aromatic heterocycles. The molecule has 0 saturated carbocycles. The third-order valence-corrected chi connectivity index (χ3v) is 5.65. The molecule has 0 radical (unpaired) electrons. The van der Waals surface area contributed by atoms with Crippen molar-refractivity contribution in [3.05, 3.63) is 52.6 Å². The Morgan fingerprint density at radius 1 is 1.14 bits per heavy atom. The summed E-state index contributed by atoms with van der Waals surface area (Å²) in [5.41, 5.74) is 3.03. The van der Waals surface area contributed by atoms with Crippen molar-refractivity contribution in [3.63, 3.8) is 0 Å². The van der Waals surface area contributed by atoms with E-state index in [1.54, 1.807) is 6.07 Å². The van der Waals surface area contributed by atoms with Crippen molar-refractivity contribution in [3.8, 4) is 11.3 Å². The predicted molar refractivity (Wildman–Crippen MR) is 112 cm³/mol. The summed E-state index contributed by atoms with van der Waals surface area (Å²) in [7, 11) is 0. The highest BCUT2D eigenvalue weighted by atomic mass is 16.2. The van der Waals surface area contributed by atoms with Gasteiger partial charge in [0, 0.05) is 18.7 Å². The quantitative estimate of drug-likeness (QED) is 0.683. The number of aromatic nitrogens is 4. The summed E-state index contributed by atoms with van der Waals surface area (Å²) in [6.45, 7) is 7.87. The highest BCUT2D eigenvalue weighted by Gasteiger charge is 2.26. The second-order valence-corrected chi connectivity index (χ2v) is 8.25. The van der Waals surface area contributed by atoms with Crippen molar-refractivity contribution in [1.82, 2.24) is 24.3 Å². The van der Waals surface area contributed by atoms with E-state index in [0.29, 0.717) is 23.0 Å². The van der Waals surface area contributed by atoms with Gasteiger partial charge in [-0.2, -0.15) is 10.2 Å². The number of hydrogen-bond acceptors (Lipinski definition) is 4. The highest BCUT2D eigenvalue weighted by Crippen LogP contribution is 2.21. The molecule has 0 spiro atoms. The minimum absolute atomic E-state index is 0.0412. The van der Waals surface area contributed by atoms with Crippen LogP contribution in [0.3, 0.4) is 0 Å². The molecule has 0 bridgehead atoms. The van der Waals surface area contributed by atoms with Crippen molar-refractivity contribution in [1.29, 1.82) is 0 Å². The van der Waals surface area contributed by atoms with Gasteiger partial charge in [0.1, 0.15) is 18.4 Å². The lowest BCUT2D eigenvalue weighted by atomic mass is 9.92. The minimum atomic E-state index is -0.303. The number of carbonyl (C=O) groups is 1. The van der Waals surface area contributed by atoms with Crippen LogP contribution in [0.25, 0.3) is 16.8 Å². The number of nitrogens with zero attached hydrogens (tertiary/aromatic N) is 5. The number of benzene rings is 1. The summed E-state index contributed by atoms with van der Waals surface area (Å²) in [6, 6.07) is 9.91. The van der Waals surface area contributed by atoms with E-state index < -0.39 is 0 Å². The number of aryl methyl sites for hydroxylation is 1. The van der Waals surface area contributed by atoms with Gasteiger partial charge in [-0.15, -0.1) is 0 Å². The molecule has 0 unspecified atom stereocenters. The van der Waals surface area contributed by atoms with Crippen molar-refractivity contribution >= 4 is 11.4 Å². The van der Waals surface area contributed by atoms with Gasteiger partial charge in [0.15, 0.2) is 0 Å². The number of fused-ring (bicyclic) bond motifs is 1. The molecule has 29 heavy (non-hydrogen) atoms. The molecule has 1 amide bonds. The molecule has 1 aliphatic heterocycles. The third-order valence-electron chi connectivity index (χ3n) is 5.65. The van der Waals surface area contributed by atoms with Crippen molar-refractivity contribution in [2.45, 2.75) is 40.2 Å². The summed E-state index contributed by atoms with van der Waals surface area (Å²) in [5, 5.41) is 8.65. The van der Waals surface area contributed by atoms with Gasteiger partial charge in [-0.3, -0.25) is 9.59 Å². The zero-order valence-electron chi connectivity index (χ0n) is 17.2. The molecule has 7 heteroatoms. The number of piperidine rings is 1. The molecule has 0 aliphatic carbocycles. The van der Waals surface area contributed by atoms with Crippen LogP contribution in [0.1, 0.15) is 32.8 Å². The predicted octanol–water partition coefficient (Wildman–Crippen LogP) is 2.62. The van der Waals surface area contributed by atoms with Crippen LogP contribution in [0.2, 0.25) is 0 Å². The van der Waals surface area contributed by atoms with Crippen molar-refractivity contribution < 1.29 is 4.79 Å². The molecule has 3 heterocycles. The lowest BCUT2D eigenvalue weighted by molar-refractivity contribution is -0.134. The lowest BCUT2D eigenvalue weighted by Gasteiger charge is -2.35. The van der Waals surface area contributed by atoms with E-state index in [0.717, 1.165) is 31.5 Å². The van der Waals surface area contributed by atoms with E-state index in [4.69, 9.17) is 0 Å². The Kier molecular flexibility index (Phi) is 5.22. The van der Waals surface area contributed by atoms with E-state index in [-0.39, 0.29) is 18.0 Å². The molecule has 4 rings (SSSR count). The molecular formula is C22H27N5O2. The monoisotopic (exact) mass is 393 g/mol. The smallest absolute Gasteiger partial charge is 0.293 e. The van der Waals surface area contributed by atoms with Crippen LogP contribution in [0.4, 0.5) is 0 Å². The van der Waals surface area contributed by atoms with Gasteiger partial charge in [-0.1, -0.05) is 45.0 Å². The topological polar surface area (TPSA) is 72.5 Å². The average molecular weight is 393 g/mol. The first-order chi connectivity index (χ1) is 13.9. The standard InChI is InChI=1S/C22H27N5O2/c1-4-17-5-7-18(8-6-17)19-10-20-22(29)26(23-14-27(20)24-19)13-21(28)25-11-15(2)9-16(3)12-25/h5-8,10,14-16H,4,9,11-13H2,1-3H3/t15-,16-/m1/s1. The molecule has 2 atom stereocenters. The third kappa shape index (κ3) is 3.95. The SMILES string of the molecule is CCc1ccc(-c2cc3c(=O)n(CC(=O)N4C[C@H](C)C[C@@H](C)C4)ncn3n2)cc1. The second-order valence-electron chi connectivity index (χ2n) is 8.25. The largest absolute Gasteiger partial charge is 0.341 e. The Morgan fingerprint density at radius 3 is 2.48 bits per heavy atom. The number of carbonyl (C=O) groups excluding carboxylic acids is 1.